The lowest BCUT2D eigenvalue weighted by Gasteiger charge is -2.19. The van der Waals surface area contributed by atoms with E-state index in [4.69, 9.17) is 0 Å². The van der Waals surface area contributed by atoms with Crippen LogP contribution in [-0.4, -0.2) is 6.54 Å². The van der Waals surface area contributed by atoms with Gasteiger partial charge in [0.15, 0.2) is 0 Å². The molecule has 1 unspecified atom stereocenters. The van der Waals surface area contributed by atoms with Crippen molar-refractivity contribution in [1.29, 1.82) is 0 Å². The van der Waals surface area contributed by atoms with Crippen LogP contribution in [0.5, 0.6) is 0 Å². The Morgan fingerprint density at radius 3 is 2.33 bits per heavy atom. The zero-order valence-corrected chi connectivity index (χ0v) is 14.5. The Hall–Kier alpha value is -1.12. The minimum atomic E-state index is 0.332. The first-order valence-electron chi connectivity index (χ1n) is 7.98. The van der Waals surface area contributed by atoms with Crippen LogP contribution in [0.25, 0.3) is 0 Å². The third-order valence-corrected chi connectivity index (χ3v) is 4.80. The van der Waals surface area contributed by atoms with Crippen molar-refractivity contribution in [2.24, 2.45) is 5.92 Å². The predicted octanol–water partition coefficient (Wildman–Crippen LogP) is 5.34. The summed E-state index contributed by atoms with van der Waals surface area (Å²) >= 11 is 1.86. The SMILES string of the molecule is CCCNC(c1ccc(CC(C)C)cc1)c1sccc1C. The minimum absolute atomic E-state index is 0.332. The van der Waals surface area contributed by atoms with E-state index in [9.17, 15) is 0 Å². The second kappa shape index (κ2) is 7.77. The van der Waals surface area contributed by atoms with Crippen molar-refractivity contribution in [2.45, 2.75) is 46.6 Å². The van der Waals surface area contributed by atoms with Crippen molar-refractivity contribution >= 4 is 11.3 Å². The molecule has 114 valence electrons. The molecule has 0 aliphatic heterocycles. The Bertz CT molecular complexity index is 539. The van der Waals surface area contributed by atoms with Crippen LogP contribution >= 0.6 is 11.3 Å². The van der Waals surface area contributed by atoms with Gasteiger partial charge in [-0.05, 0) is 60.4 Å². The fourth-order valence-electron chi connectivity index (χ4n) is 2.65. The second-order valence-corrected chi connectivity index (χ2v) is 7.14. The second-order valence-electron chi connectivity index (χ2n) is 6.19. The average molecular weight is 301 g/mol. The van der Waals surface area contributed by atoms with Gasteiger partial charge in [-0.2, -0.15) is 0 Å². The summed E-state index contributed by atoms with van der Waals surface area (Å²) in [4.78, 5) is 1.44. The molecule has 1 N–H and O–H groups in total. The van der Waals surface area contributed by atoms with E-state index in [1.807, 2.05) is 11.3 Å². The molecule has 2 rings (SSSR count). The van der Waals surface area contributed by atoms with E-state index in [2.05, 4.69) is 68.7 Å². The van der Waals surface area contributed by atoms with Gasteiger partial charge in [0.2, 0.25) is 0 Å². The normalized spacial score (nSPS) is 12.8. The summed E-state index contributed by atoms with van der Waals surface area (Å²) < 4.78 is 0. The quantitative estimate of drug-likeness (QED) is 0.727. The molecule has 0 bridgehead atoms. The first-order valence-corrected chi connectivity index (χ1v) is 8.86. The van der Waals surface area contributed by atoms with Crippen LogP contribution in [-0.2, 0) is 6.42 Å². The molecule has 1 aromatic heterocycles. The van der Waals surface area contributed by atoms with Gasteiger partial charge in [0.05, 0.1) is 6.04 Å². The molecule has 0 radical (unpaired) electrons. The van der Waals surface area contributed by atoms with Crippen LogP contribution in [0.1, 0.15) is 54.8 Å². The largest absolute Gasteiger partial charge is 0.306 e. The van der Waals surface area contributed by atoms with E-state index in [-0.39, 0.29) is 0 Å². The third-order valence-electron chi connectivity index (χ3n) is 3.72. The Kier molecular flexibility index (Phi) is 6.01. The summed E-state index contributed by atoms with van der Waals surface area (Å²) in [5.74, 6) is 0.712. The number of aryl methyl sites for hydroxylation is 1. The van der Waals surface area contributed by atoms with E-state index in [1.54, 1.807) is 0 Å². The van der Waals surface area contributed by atoms with Crippen molar-refractivity contribution in [3.8, 4) is 0 Å². The Labute approximate surface area is 133 Å². The molecular formula is C19H27NS. The highest BCUT2D eigenvalue weighted by Gasteiger charge is 2.16. The first-order chi connectivity index (χ1) is 10.1. The molecule has 1 heterocycles. The molecule has 0 amide bonds. The first kappa shape index (κ1) is 16.3. The summed E-state index contributed by atoms with van der Waals surface area (Å²) in [5.41, 5.74) is 4.20. The van der Waals surface area contributed by atoms with Crippen molar-refractivity contribution in [3.63, 3.8) is 0 Å². The van der Waals surface area contributed by atoms with E-state index in [1.165, 1.54) is 21.6 Å². The van der Waals surface area contributed by atoms with Crippen LogP contribution in [0.2, 0.25) is 0 Å². The van der Waals surface area contributed by atoms with Gasteiger partial charge in [0.25, 0.3) is 0 Å². The van der Waals surface area contributed by atoms with Gasteiger partial charge in [-0.1, -0.05) is 45.0 Å². The molecule has 21 heavy (non-hydrogen) atoms. The van der Waals surface area contributed by atoms with Gasteiger partial charge in [-0.25, -0.2) is 0 Å². The molecule has 0 aliphatic rings. The molecule has 2 heteroatoms. The maximum absolute atomic E-state index is 3.70. The number of benzene rings is 1. The van der Waals surface area contributed by atoms with E-state index in [0.29, 0.717) is 12.0 Å². The van der Waals surface area contributed by atoms with Crippen LogP contribution < -0.4 is 5.32 Å². The Morgan fingerprint density at radius 1 is 1.10 bits per heavy atom. The molecule has 2 aromatic rings. The molecule has 1 nitrogen and oxygen atoms in total. The number of nitrogens with one attached hydrogen (secondary N) is 1. The fraction of sp³-hybridized carbons (Fsp3) is 0.474. The monoisotopic (exact) mass is 301 g/mol. The van der Waals surface area contributed by atoms with Gasteiger partial charge in [-0.3, -0.25) is 0 Å². The number of hydrogen-bond acceptors (Lipinski definition) is 2. The van der Waals surface area contributed by atoms with Crippen LogP contribution in [0.15, 0.2) is 35.7 Å². The van der Waals surface area contributed by atoms with Gasteiger partial charge in [0.1, 0.15) is 0 Å². The summed E-state index contributed by atoms with van der Waals surface area (Å²) in [5, 5.41) is 5.89. The minimum Gasteiger partial charge on any atom is -0.306 e. The zero-order valence-electron chi connectivity index (χ0n) is 13.6. The average Bonchev–Trinajstić information content (AvgIpc) is 2.87. The predicted molar refractivity (Wildman–Crippen MR) is 94.2 cm³/mol. The van der Waals surface area contributed by atoms with Gasteiger partial charge in [0, 0.05) is 4.88 Å². The lowest BCUT2D eigenvalue weighted by Crippen LogP contribution is -2.23. The molecular weight excluding hydrogens is 274 g/mol. The molecule has 0 spiro atoms. The summed E-state index contributed by atoms with van der Waals surface area (Å²) in [7, 11) is 0. The zero-order chi connectivity index (χ0) is 15.2. The molecule has 1 atom stereocenters. The maximum atomic E-state index is 3.70. The summed E-state index contributed by atoms with van der Waals surface area (Å²) in [6.07, 6.45) is 2.32. The van der Waals surface area contributed by atoms with Crippen molar-refractivity contribution in [3.05, 3.63) is 57.3 Å². The van der Waals surface area contributed by atoms with E-state index < -0.39 is 0 Å². The topological polar surface area (TPSA) is 12.0 Å². The summed E-state index contributed by atoms with van der Waals surface area (Å²) in [6.45, 7) is 10.0. The molecule has 0 fully saturated rings. The Balaban J connectivity index is 2.22. The van der Waals surface area contributed by atoms with Gasteiger partial charge < -0.3 is 5.32 Å². The molecule has 0 aliphatic carbocycles. The van der Waals surface area contributed by atoms with Gasteiger partial charge >= 0.3 is 0 Å². The van der Waals surface area contributed by atoms with Crippen molar-refractivity contribution < 1.29 is 0 Å². The number of thiophene rings is 1. The summed E-state index contributed by atoms with van der Waals surface area (Å²) in [6, 6.07) is 11.7. The van der Waals surface area contributed by atoms with Gasteiger partial charge in [-0.15, -0.1) is 11.3 Å². The van der Waals surface area contributed by atoms with E-state index in [0.717, 1.165) is 19.4 Å². The Morgan fingerprint density at radius 2 is 1.81 bits per heavy atom. The highest BCUT2D eigenvalue weighted by molar-refractivity contribution is 7.10. The highest BCUT2D eigenvalue weighted by atomic mass is 32.1. The van der Waals surface area contributed by atoms with Crippen LogP contribution in [0.4, 0.5) is 0 Å². The number of hydrogen-bond donors (Lipinski definition) is 1. The van der Waals surface area contributed by atoms with E-state index >= 15 is 0 Å². The molecule has 0 saturated heterocycles. The lowest BCUT2D eigenvalue weighted by atomic mass is 9.98. The van der Waals surface area contributed by atoms with Crippen LogP contribution in [0, 0.1) is 12.8 Å². The lowest BCUT2D eigenvalue weighted by molar-refractivity contribution is 0.603. The molecule has 0 saturated carbocycles. The van der Waals surface area contributed by atoms with Crippen molar-refractivity contribution in [2.75, 3.05) is 6.54 Å². The smallest absolute Gasteiger partial charge is 0.0673 e. The highest BCUT2D eigenvalue weighted by Crippen LogP contribution is 2.29. The van der Waals surface area contributed by atoms with Crippen LogP contribution in [0.3, 0.4) is 0 Å². The van der Waals surface area contributed by atoms with Crippen molar-refractivity contribution in [1.82, 2.24) is 5.32 Å². The molecule has 1 aromatic carbocycles. The number of rotatable bonds is 7. The third kappa shape index (κ3) is 4.42. The standard InChI is InChI=1S/C19H27NS/c1-5-11-20-18(19-15(4)10-12-21-19)17-8-6-16(7-9-17)13-14(2)3/h6-10,12,14,18,20H,5,11,13H2,1-4H3. The maximum Gasteiger partial charge on any atom is 0.0673 e. The fourth-order valence-corrected chi connectivity index (χ4v) is 3.68.